The van der Waals surface area contributed by atoms with Crippen LogP contribution in [0.3, 0.4) is 0 Å². The van der Waals surface area contributed by atoms with Crippen LogP contribution in [0.1, 0.15) is 33.6 Å². The maximum Gasteiger partial charge on any atom is 0.415 e. The molecule has 8 nitrogen and oxygen atoms in total. The number of likely N-dealkylation sites (tertiary alicyclic amines) is 1. The van der Waals surface area contributed by atoms with E-state index in [-0.39, 0.29) is 6.09 Å². The highest BCUT2D eigenvalue weighted by molar-refractivity contribution is 5.90. The molecule has 2 fully saturated rings. The highest BCUT2D eigenvalue weighted by Crippen LogP contribution is 2.35. The normalized spacial score (nSPS) is 23.7. The molecule has 0 radical (unpaired) electrons. The van der Waals surface area contributed by atoms with Crippen LogP contribution in [0.5, 0.6) is 0 Å². The summed E-state index contributed by atoms with van der Waals surface area (Å²) in [7, 11) is 0. The van der Waals surface area contributed by atoms with Gasteiger partial charge in [-0.05, 0) is 45.7 Å². The molecule has 2 aliphatic heterocycles. The Hall–Kier alpha value is -2.51. The van der Waals surface area contributed by atoms with Gasteiger partial charge >= 0.3 is 12.2 Å². The Labute approximate surface area is 146 Å². The number of nitrogens with zero attached hydrogens (tertiary/aromatic N) is 3. The number of nitrogen functional groups attached to an aromatic ring is 1. The number of hydrogen-bond acceptors (Lipinski definition) is 6. The van der Waals surface area contributed by atoms with Crippen LogP contribution in [0.4, 0.5) is 21.1 Å². The van der Waals surface area contributed by atoms with Crippen LogP contribution in [-0.4, -0.2) is 52.9 Å². The molecule has 2 aliphatic rings. The minimum absolute atomic E-state index is 0.326. The van der Waals surface area contributed by atoms with Crippen molar-refractivity contribution in [2.45, 2.75) is 44.8 Å². The van der Waals surface area contributed by atoms with Gasteiger partial charge in [-0.3, -0.25) is 4.90 Å². The summed E-state index contributed by atoms with van der Waals surface area (Å²) in [6.45, 7) is 6.78. The van der Waals surface area contributed by atoms with E-state index in [1.54, 1.807) is 23.2 Å². The zero-order valence-electron chi connectivity index (χ0n) is 14.8. The van der Waals surface area contributed by atoms with E-state index in [2.05, 4.69) is 4.98 Å². The maximum absolute atomic E-state index is 12.4. The number of carbonyl (C=O) groups excluding carboxylic acids is 2. The Bertz CT molecular complexity index is 670. The molecule has 1 unspecified atom stereocenters. The van der Waals surface area contributed by atoms with Gasteiger partial charge in [-0.2, -0.15) is 0 Å². The first-order valence-corrected chi connectivity index (χ1v) is 8.37. The second kappa shape index (κ2) is 6.09. The highest BCUT2D eigenvalue weighted by atomic mass is 16.6. The van der Waals surface area contributed by atoms with Crippen molar-refractivity contribution in [1.82, 2.24) is 9.88 Å². The van der Waals surface area contributed by atoms with E-state index in [0.29, 0.717) is 37.6 Å². The van der Waals surface area contributed by atoms with Crippen LogP contribution in [0.15, 0.2) is 18.3 Å². The zero-order valence-corrected chi connectivity index (χ0v) is 14.8. The third kappa shape index (κ3) is 3.78. The average molecular weight is 348 g/mol. The average Bonchev–Trinajstić information content (AvgIpc) is 2.82. The predicted molar refractivity (Wildman–Crippen MR) is 92.2 cm³/mol. The van der Waals surface area contributed by atoms with E-state index in [1.807, 2.05) is 20.8 Å². The number of nitrogens with two attached hydrogens (primary N) is 1. The molecular weight excluding hydrogens is 324 g/mol. The van der Waals surface area contributed by atoms with Crippen LogP contribution in [0.2, 0.25) is 0 Å². The number of pyridine rings is 1. The van der Waals surface area contributed by atoms with Gasteiger partial charge in [0.25, 0.3) is 0 Å². The number of aromatic nitrogens is 1. The van der Waals surface area contributed by atoms with Gasteiger partial charge in [0.2, 0.25) is 0 Å². The van der Waals surface area contributed by atoms with Crippen molar-refractivity contribution >= 4 is 23.7 Å². The summed E-state index contributed by atoms with van der Waals surface area (Å²) in [6, 6.07) is 3.37. The molecule has 2 saturated heterocycles. The monoisotopic (exact) mass is 348 g/mol. The SMILES string of the molecule is CC(C)(C)OC(=O)N1CCCC2(C1)CN(c1ccc(N)nc1)C(=O)O2. The zero-order chi connectivity index (χ0) is 18.2. The first-order valence-electron chi connectivity index (χ1n) is 8.37. The molecule has 3 rings (SSSR count). The Morgan fingerprint density at radius 2 is 2.12 bits per heavy atom. The van der Waals surface area contributed by atoms with Crippen molar-refractivity contribution in [2.24, 2.45) is 0 Å². The number of piperidine rings is 1. The van der Waals surface area contributed by atoms with Gasteiger partial charge in [0, 0.05) is 6.54 Å². The number of carbonyl (C=O) groups is 2. The first kappa shape index (κ1) is 17.3. The second-order valence-electron chi connectivity index (χ2n) is 7.58. The van der Waals surface area contributed by atoms with Crippen molar-refractivity contribution in [1.29, 1.82) is 0 Å². The molecular formula is C17H24N4O4. The van der Waals surface area contributed by atoms with E-state index in [0.717, 1.165) is 6.42 Å². The summed E-state index contributed by atoms with van der Waals surface area (Å²) in [4.78, 5) is 31.9. The van der Waals surface area contributed by atoms with Gasteiger partial charge in [-0.15, -0.1) is 0 Å². The molecule has 1 aromatic heterocycles. The Morgan fingerprint density at radius 3 is 2.76 bits per heavy atom. The fraction of sp³-hybridized carbons (Fsp3) is 0.588. The maximum atomic E-state index is 12.4. The lowest BCUT2D eigenvalue weighted by atomic mass is 9.93. The fourth-order valence-electron chi connectivity index (χ4n) is 3.17. The molecule has 1 aromatic rings. The smallest absolute Gasteiger partial charge is 0.415 e. The summed E-state index contributed by atoms with van der Waals surface area (Å²) in [6.07, 6.45) is 2.19. The van der Waals surface area contributed by atoms with Crippen LogP contribution in [0.25, 0.3) is 0 Å². The summed E-state index contributed by atoms with van der Waals surface area (Å²) < 4.78 is 11.1. The van der Waals surface area contributed by atoms with Gasteiger partial charge in [0.15, 0.2) is 0 Å². The standard InChI is InChI=1S/C17H24N4O4/c1-16(2,3)24-14(22)20-8-4-7-17(10-20)11-21(15(23)25-17)12-5-6-13(18)19-9-12/h5-6,9H,4,7-8,10-11H2,1-3H3,(H2,18,19). The molecule has 136 valence electrons. The minimum atomic E-state index is -0.715. The molecule has 2 N–H and O–H groups in total. The number of rotatable bonds is 1. The summed E-state index contributed by atoms with van der Waals surface area (Å²) in [5, 5.41) is 0. The topological polar surface area (TPSA) is 98.0 Å². The quantitative estimate of drug-likeness (QED) is 0.837. The van der Waals surface area contributed by atoms with E-state index in [1.165, 1.54) is 4.90 Å². The minimum Gasteiger partial charge on any atom is -0.444 e. The lowest BCUT2D eigenvalue weighted by Gasteiger charge is -2.38. The largest absolute Gasteiger partial charge is 0.444 e. The lowest BCUT2D eigenvalue weighted by Crippen LogP contribution is -2.53. The molecule has 0 aliphatic carbocycles. The molecule has 1 atom stereocenters. The second-order valence-corrected chi connectivity index (χ2v) is 7.58. The Morgan fingerprint density at radius 1 is 1.36 bits per heavy atom. The molecule has 2 amide bonds. The third-order valence-corrected chi connectivity index (χ3v) is 4.24. The Kier molecular flexibility index (Phi) is 4.22. The summed E-state index contributed by atoms with van der Waals surface area (Å²) in [5.41, 5.74) is 4.95. The van der Waals surface area contributed by atoms with Gasteiger partial charge in [-0.1, -0.05) is 0 Å². The number of amides is 2. The van der Waals surface area contributed by atoms with E-state index >= 15 is 0 Å². The van der Waals surface area contributed by atoms with Crippen molar-refractivity contribution in [2.75, 3.05) is 30.3 Å². The molecule has 1 spiro atoms. The van der Waals surface area contributed by atoms with E-state index in [9.17, 15) is 9.59 Å². The molecule has 0 saturated carbocycles. The molecule has 0 aromatic carbocycles. The Balaban J connectivity index is 1.73. The van der Waals surface area contributed by atoms with Crippen molar-refractivity contribution < 1.29 is 19.1 Å². The van der Waals surface area contributed by atoms with E-state index in [4.69, 9.17) is 15.2 Å². The first-order chi connectivity index (χ1) is 11.7. The van der Waals surface area contributed by atoms with Crippen LogP contribution in [-0.2, 0) is 9.47 Å². The van der Waals surface area contributed by atoms with Crippen LogP contribution in [0, 0.1) is 0 Å². The van der Waals surface area contributed by atoms with Gasteiger partial charge in [0.05, 0.1) is 25.0 Å². The molecule has 8 heteroatoms. The summed E-state index contributed by atoms with van der Waals surface area (Å²) in [5.74, 6) is 0.389. The van der Waals surface area contributed by atoms with Crippen molar-refractivity contribution in [3.63, 3.8) is 0 Å². The van der Waals surface area contributed by atoms with Gasteiger partial charge < -0.3 is 20.1 Å². The van der Waals surface area contributed by atoms with Crippen LogP contribution < -0.4 is 10.6 Å². The number of hydrogen-bond donors (Lipinski definition) is 1. The molecule has 25 heavy (non-hydrogen) atoms. The van der Waals surface area contributed by atoms with Crippen LogP contribution >= 0.6 is 0 Å². The van der Waals surface area contributed by atoms with Gasteiger partial charge in [-0.25, -0.2) is 14.6 Å². The fourth-order valence-corrected chi connectivity index (χ4v) is 3.17. The van der Waals surface area contributed by atoms with Crippen molar-refractivity contribution in [3.8, 4) is 0 Å². The predicted octanol–water partition coefficient (Wildman–Crippen LogP) is 2.39. The van der Waals surface area contributed by atoms with E-state index < -0.39 is 17.3 Å². The third-order valence-electron chi connectivity index (χ3n) is 4.24. The number of ether oxygens (including phenoxy) is 2. The number of anilines is 2. The van der Waals surface area contributed by atoms with Crippen molar-refractivity contribution in [3.05, 3.63) is 18.3 Å². The molecule has 0 bridgehead atoms. The molecule has 3 heterocycles. The van der Waals surface area contributed by atoms with Gasteiger partial charge in [0.1, 0.15) is 17.0 Å². The summed E-state index contributed by atoms with van der Waals surface area (Å²) >= 11 is 0. The highest BCUT2D eigenvalue weighted by Gasteiger charge is 2.49. The lowest BCUT2D eigenvalue weighted by molar-refractivity contribution is -0.0275.